The molecule has 0 aliphatic heterocycles. The number of nitro groups is 1. The zero-order valence-corrected chi connectivity index (χ0v) is 7.85. The van der Waals surface area contributed by atoms with Crippen molar-refractivity contribution < 1.29 is 14.8 Å². The molecule has 0 amide bonds. The Hall–Kier alpha value is -1.69. The number of ether oxygens (including phenoxy) is 1. The predicted octanol–water partition coefficient (Wildman–Crippen LogP) is 0.799. The van der Waals surface area contributed by atoms with Gasteiger partial charge in [0.05, 0.1) is 24.2 Å². The molecular weight excluding hydrogens is 188 g/mol. The maximum atomic E-state index is 10.6. The molecule has 1 heterocycles. The molecule has 0 spiro atoms. The predicted molar refractivity (Wildman–Crippen MR) is 48.1 cm³/mol. The van der Waals surface area contributed by atoms with E-state index in [1.54, 1.807) is 6.92 Å². The first-order valence-corrected chi connectivity index (χ1v) is 3.90. The monoisotopic (exact) mass is 198 g/mol. The van der Waals surface area contributed by atoms with Crippen molar-refractivity contribution in [1.82, 2.24) is 4.98 Å². The summed E-state index contributed by atoms with van der Waals surface area (Å²) in [5.41, 5.74) is 0.497. The van der Waals surface area contributed by atoms with Gasteiger partial charge < -0.3 is 9.84 Å². The molecule has 1 N–H and O–H groups in total. The van der Waals surface area contributed by atoms with E-state index in [-0.39, 0.29) is 17.1 Å². The lowest BCUT2D eigenvalue weighted by atomic mass is 10.2. The molecule has 1 aromatic heterocycles. The number of rotatable bonds is 3. The van der Waals surface area contributed by atoms with Gasteiger partial charge in [-0.25, -0.2) is 4.98 Å². The third kappa shape index (κ3) is 1.80. The second kappa shape index (κ2) is 4.01. The number of hydrogen-bond acceptors (Lipinski definition) is 5. The van der Waals surface area contributed by atoms with Crippen LogP contribution in [0.1, 0.15) is 11.3 Å². The minimum atomic E-state index is -0.614. The summed E-state index contributed by atoms with van der Waals surface area (Å²) in [7, 11) is 1.30. The van der Waals surface area contributed by atoms with Gasteiger partial charge in [-0.15, -0.1) is 0 Å². The summed E-state index contributed by atoms with van der Waals surface area (Å²) < 4.78 is 4.77. The molecule has 0 unspecified atom stereocenters. The van der Waals surface area contributed by atoms with E-state index >= 15 is 0 Å². The molecule has 6 heteroatoms. The SMILES string of the molecule is COc1nc(C)cc(CO)c1[N+](=O)[O-]. The van der Waals surface area contributed by atoms with Gasteiger partial charge >= 0.3 is 5.69 Å². The van der Waals surface area contributed by atoms with E-state index < -0.39 is 11.5 Å². The van der Waals surface area contributed by atoms with Gasteiger partial charge in [-0.1, -0.05) is 0 Å². The molecule has 1 rings (SSSR count). The van der Waals surface area contributed by atoms with E-state index in [4.69, 9.17) is 9.84 Å². The van der Waals surface area contributed by atoms with Crippen LogP contribution < -0.4 is 4.74 Å². The van der Waals surface area contributed by atoms with E-state index in [1.807, 2.05) is 0 Å². The number of aryl methyl sites for hydroxylation is 1. The van der Waals surface area contributed by atoms with Gasteiger partial charge in [0, 0.05) is 5.69 Å². The van der Waals surface area contributed by atoms with Gasteiger partial charge in [0.25, 0.3) is 5.88 Å². The number of aromatic nitrogens is 1. The first-order chi connectivity index (χ1) is 6.60. The van der Waals surface area contributed by atoms with Crippen LogP contribution in [0.15, 0.2) is 6.07 Å². The Bertz CT molecular complexity index is 339. The maximum Gasteiger partial charge on any atom is 0.336 e. The zero-order valence-electron chi connectivity index (χ0n) is 7.85. The number of hydrogen-bond donors (Lipinski definition) is 1. The largest absolute Gasteiger partial charge is 0.476 e. The number of pyridine rings is 1. The Labute approximate surface area is 80.3 Å². The smallest absolute Gasteiger partial charge is 0.336 e. The normalized spacial score (nSPS) is 9.93. The fourth-order valence-corrected chi connectivity index (χ4v) is 1.16. The van der Waals surface area contributed by atoms with Crippen LogP contribution in [-0.4, -0.2) is 22.1 Å². The Morgan fingerprint density at radius 2 is 2.36 bits per heavy atom. The van der Waals surface area contributed by atoms with Crippen LogP contribution in [-0.2, 0) is 6.61 Å². The van der Waals surface area contributed by atoms with Crippen molar-refractivity contribution in [2.75, 3.05) is 7.11 Å². The summed E-state index contributed by atoms with van der Waals surface area (Å²) in [6.45, 7) is 1.27. The lowest BCUT2D eigenvalue weighted by molar-refractivity contribution is -0.387. The lowest BCUT2D eigenvalue weighted by Crippen LogP contribution is -2.02. The molecule has 76 valence electrons. The Kier molecular flexibility index (Phi) is 2.98. The van der Waals surface area contributed by atoms with Crippen molar-refractivity contribution >= 4 is 5.69 Å². The second-order valence-electron chi connectivity index (χ2n) is 2.70. The summed E-state index contributed by atoms with van der Waals surface area (Å²) in [5.74, 6) is -0.0703. The molecule has 0 fully saturated rings. The van der Waals surface area contributed by atoms with Crippen LogP contribution >= 0.6 is 0 Å². The fourth-order valence-electron chi connectivity index (χ4n) is 1.16. The molecule has 0 saturated heterocycles. The highest BCUT2D eigenvalue weighted by Crippen LogP contribution is 2.29. The minimum absolute atomic E-state index is 0.0703. The average molecular weight is 198 g/mol. The third-order valence-corrected chi connectivity index (χ3v) is 1.71. The molecule has 14 heavy (non-hydrogen) atoms. The van der Waals surface area contributed by atoms with E-state index in [0.717, 1.165) is 0 Å². The van der Waals surface area contributed by atoms with Crippen molar-refractivity contribution in [3.8, 4) is 5.88 Å². The van der Waals surface area contributed by atoms with Gasteiger partial charge in [-0.2, -0.15) is 0 Å². The lowest BCUT2D eigenvalue weighted by Gasteiger charge is -2.05. The minimum Gasteiger partial charge on any atom is -0.476 e. The topological polar surface area (TPSA) is 85.5 Å². The Balaban J connectivity index is 3.40. The van der Waals surface area contributed by atoms with E-state index in [9.17, 15) is 10.1 Å². The fraction of sp³-hybridized carbons (Fsp3) is 0.375. The molecule has 0 radical (unpaired) electrons. The Morgan fingerprint density at radius 1 is 1.71 bits per heavy atom. The molecule has 0 aliphatic carbocycles. The average Bonchev–Trinajstić information content (AvgIpc) is 2.15. The van der Waals surface area contributed by atoms with Crippen LogP contribution in [0.4, 0.5) is 5.69 Å². The van der Waals surface area contributed by atoms with Crippen molar-refractivity contribution in [3.05, 3.63) is 27.4 Å². The number of nitrogens with zero attached hydrogens (tertiary/aromatic N) is 2. The molecule has 0 aromatic carbocycles. The number of aliphatic hydroxyl groups excluding tert-OH is 1. The van der Waals surface area contributed by atoms with E-state index in [2.05, 4.69) is 4.98 Å². The van der Waals surface area contributed by atoms with E-state index in [1.165, 1.54) is 13.2 Å². The molecular formula is C8H10N2O4. The summed E-state index contributed by atoms with van der Waals surface area (Å²) in [6.07, 6.45) is 0. The molecule has 6 nitrogen and oxygen atoms in total. The number of methoxy groups -OCH3 is 1. The van der Waals surface area contributed by atoms with Gasteiger partial charge in [0.2, 0.25) is 0 Å². The van der Waals surface area contributed by atoms with Crippen molar-refractivity contribution in [2.24, 2.45) is 0 Å². The van der Waals surface area contributed by atoms with Crippen molar-refractivity contribution in [1.29, 1.82) is 0 Å². The molecule has 0 atom stereocenters. The van der Waals surface area contributed by atoms with Gasteiger partial charge in [0.1, 0.15) is 0 Å². The molecule has 1 aromatic rings. The highest BCUT2D eigenvalue weighted by Gasteiger charge is 2.22. The van der Waals surface area contributed by atoms with Gasteiger partial charge in [-0.05, 0) is 13.0 Å². The number of aliphatic hydroxyl groups is 1. The Morgan fingerprint density at radius 3 is 2.79 bits per heavy atom. The van der Waals surface area contributed by atoms with Gasteiger partial charge in [-0.3, -0.25) is 10.1 Å². The molecule has 0 bridgehead atoms. The summed E-state index contributed by atoms with van der Waals surface area (Å²) in [4.78, 5) is 13.9. The van der Waals surface area contributed by atoms with Crippen molar-refractivity contribution in [2.45, 2.75) is 13.5 Å². The summed E-state index contributed by atoms with van der Waals surface area (Å²) >= 11 is 0. The van der Waals surface area contributed by atoms with Crippen LogP contribution in [0.5, 0.6) is 5.88 Å². The first-order valence-electron chi connectivity index (χ1n) is 3.90. The highest BCUT2D eigenvalue weighted by molar-refractivity contribution is 5.49. The van der Waals surface area contributed by atoms with Crippen LogP contribution in [0.3, 0.4) is 0 Å². The highest BCUT2D eigenvalue weighted by atomic mass is 16.6. The third-order valence-electron chi connectivity index (χ3n) is 1.71. The summed E-state index contributed by atoms with van der Waals surface area (Å²) in [5, 5.41) is 19.6. The quantitative estimate of drug-likeness (QED) is 0.573. The maximum absolute atomic E-state index is 10.6. The van der Waals surface area contributed by atoms with Crippen LogP contribution in [0.2, 0.25) is 0 Å². The van der Waals surface area contributed by atoms with Gasteiger partial charge in [0.15, 0.2) is 0 Å². The van der Waals surface area contributed by atoms with Crippen LogP contribution in [0, 0.1) is 17.0 Å². The molecule has 0 saturated carbocycles. The summed E-state index contributed by atoms with van der Waals surface area (Å²) in [6, 6.07) is 1.46. The molecule has 0 aliphatic rings. The van der Waals surface area contributed by atoms with Crippen molar-refractivity contribution in [3.63, 3.8) is 0 Å². The zero-order chi connectivity index (χ0) is 10.7. The standard InChI is InChI=1S/C8H10N2O4/c1-5-3-6(4-11)7(10(12)13)8(9-5)14-2/h3,11H,4H2,1-2H3. The second-order valence-corrected chi connectivity index (χ2v) is 2.70. The van der Waals surface area contributed by atoms with Crippen LogP contribution in [0.25, 0.3) is 0 Å². The van der Waals surface area contributed by atoms with E-state index in [0.29, 0.717) is 5.69 Å². The first kappa shape index (κ1) is 10.4.